The number of aromatic nitrogens is 2. The van der Waals surface area contributed by atoms with E-state index in [0.717, 1.165) is 31.5 Å². The van der Waals surface area contributed by atoms with Crippen LogP contribution in [0.25, 0.3) is 22.5 Å². The maximum atomic E-state index is 5.31. The van der Waals surface area contributed by atoms with Crippen molar-refractivity contribution in [3.05, 3.63) is 57.5 Å². The number of hydrogen-bond donors (Lipinski definition) is 0. The molecule has 1 heterocycles. The summed E-state index contributed by atoms with van der Waals surface area (Å²) >= 11 is 6.89. The van der Waals surface area contributed by atoms with Gasteiger partial charge < -0.3 is 0 Å². The molecule has 3 aromatic rings. The van der Waals surface area contributed by atoms with Crippen molar-refractivity contribution in [1.29, 1.82) is 0 Å². The largest absolute Gasteiger partial charge is 0.281 e. The molecule has 0 unspecified atom stereocenters. The van der Waals surface area contributed by atoms with Gasteiger partial charge in [0.1, 0.15) is 7.05 Å². The van der Waals surface area contributed by atoms with Crippen molar-refractivity contribution in [2.45, 2.75) is 0 Å². The monoisotopic (exact) mass is 393 g/mol. The molecule has 0 fully saturated rings. The maximum Gasteiger partial charge on any atom is 0.281 e. The molecule has 0 saturated heterocycles. The second-order valence-corrected chi connectivity index (χ2v) is 6.21. The van der Waals surface area contributed by atoms with Crippen molar-refractivity contribution in [2.75, 3.05) is 0 Å². The Kier molecular flexibility index (Phi) is 3.72. The van der Waals surface area contributed by atoms with Crippen LogP contribution in [0, 0.1) is 0 Å². The smallest absolute Gasteiger partial charge is 0.0843 e. The van der Waals surface area contributed by atoms with Gasteiger partial charge in [0.25, 0.3) is 5.69 Å². The number of hydrogen-bond acceptors (Lipinski definition) is 2. The van der Waals surface area contributed by atoms with Crippen molar-refractivity contribution < 1.29 is 9.37 Å². The van der Waals surface area contributed by atoms with Crippen molar-refractivity contribution in [3.63, 3.8) is 0 Å². The molecule has 0 N–H and O–H groups in total. The van der Waals surface area contributed by atoms with E-state index in [2.05, 4.69) is 37.0 Å². The lowest BCUT2D eigenvalue weighted by Gasteiger charge is -1.98. The third-order valence-electron chi connectivity index (χ3n) is 3.03. The predicted octanol–water partition coefficient (Wildman–Crippen LogP) is 4.36. The Bertz CT molecular complexity index is 734. The number of rotatable bonds is 2. The third-order valence-corrected chi connectivity index (χ3v) is 4.09. The summed E-state index contributed by atoms with van der Waals surface area (Å²) in [6, 6.07) is 16.1. The first-order valence-corrected chi connectivity index (χ1v) is 7.62. The minimum Gasteiger partial charge on any atom is -0.0843 e. The van der Waals surface area contributed by atoms with Crippen LogP contribution in [0.2, 0.25) is 0 Å². The maximum absolute atomic E-state index is 5.31. The lowest BCUT2D eigenvalue weighted by molar-refractivity contribution is -0.845. The van der Waals surface area contributed by atoms with Crippen LogP contribution in [0.1, 0.15) is 0 Å². The van der Waals surface area contributed by atoms with E-state index < -0.39 is 0 Å². The van der Waals surface area contributed by atoms with Gasteiger partial charge in [0, 0.05) is 20.1 Å². The topological polar surface area (TPSA) is 29.9 Å². The van der Waals surface area contributed by atoms with E-state index in [0.29, 0.717) is 0 Å². The molecule has 3 rings (SSSR count). The number of nitrogens with zero attached hydrogens (tertiary/aromatic N) is 2. The van der Waals surface area contributed by atoms with Crippen molar-refractivity contribution in [3.8, 4) is 22.5 Å². The van der Waals surface area contributed by atoms with E-state index in [1.165, 1.54) is 0 Å². The van der Waals surface area contributed by atoms with E-state index in [9.17, 15) is 0 Å². The molecule has 5 heteroatoms. The molecule has 0 aliphatic rings. The van der Waals surface area contributed by atoms with Crippen LogP contribution < -0.4 is 4.74 Å². The van der Waals surface area contributed by atoms with E-state index >= 15 is 0 Å². The number of halogens is 2. The molecule has 0 aliphatic carbocycles. The van der Waals surface area contributed by atoms with Gasteiger partial charge in [0.2, 0.25) is 5.69 Å². The molecular formula is C15H11Br2N2O+. The summed E-state index contributed by atoms with van der Waals surface area (Å²) < 4.78 is 9.08. The summed E-state index contributed by atoms with van der Waals surface area (Å²) in [6.45, 7) is 0. The highest BCUT2D eigenvalue weighted by Crippen LogP contribution is 2.29. The van der Waals surface area contributed by atoms with Crippen LogP contribution in [-0.2, 0) is 7.05 Å². The average molecular weight is 395 g/mol. The van der Waals surface area contributed by atoms with E-state index in [4.69, 9.17) is 4.63 Å². The number of benzene rings is 2. The van der Waals surface area contributed by atoms with E-state index in [1.807, 2.05) is 55.6 Å². The molecule has 0 spiro atoms. The lowest BCUT2D eigenvalue weighted by Crippen LogP contribution is -2.27. The van der Waals surface area contributed by atoms with Crippen LogP contribution in [0.5, 0.6) is 0 Å². The Hall–Kier alpha value is -1.46. The predicted molar refractivity (Wildman–Crippen MR) is 84.0 cm³/mol. The highest BCUT2D eigenvalue weighted by Gasteiger charge is 2.24. The molecule has 0 bridgehead atoms. The van der Waals surface area contributed by atoms with Crippen molar-refractivity contribution in [2.24, 2.45) is 7.05 Å². The van der Waals surface area contributed by atoms with Gasteiger partial charge in [-0.2, -0.15) is 0 Å². The fraction of sp³-hybridized carbons (Fsp3) is 0.0667. The average Bonchev–Trinajstić information content (AvgIpc) is 2.83. The molecule has 100 valence electrons. The van der Waals surface area contributed by atoms with Gasteiger partial charge in [-0.3, -0.25) is 0 Å². The molecular weight excluding hydrogens is 384 g/mol. The van der Waals surface area contributed by atoms with Crippen LogP contribution in [0.3, 0.4) is 0 Å². The quantitative estimate of drug-likeness (QED) is 0.604. The molecule has 3 nitrogen and oxygen atoms in total. The summed E-state index contributed by atoms with van der Waals surface area (Å²) in [5, 5.41) is 4.18. The Morgan fingerprint density at radius 2 is 1.35 bits per heavy atom. The van der Waals surface area contributed by atoms with Crippen molar-refractivity contribution >= 4 is 31.9 Å². The zero-order valence-electron chi connectivity index (χ0n) is 10.7. The SMILES string of the molecule is C[n+]1onc(-c2ccc(Br)cc2)c1-c1ccc(Br)cc1. The van der Waals surface area contributed by atoms with Gasteiger partial charge in [-0.15, -0.1) is 0 Å². The Morgan fingerprint density at radius 1 is 0.850 bits per heavy atom. The zero-order chi connectivity index (χ0) is 14.1. The van der Waals surface area contributed by atoms with Crippen LogP contribution in [0.4, 0.5) is 0 Å². The first-order valence-electron chi connectivity index (χ1n) is 6.03. The molecule has 0 radical (unpaired) electrons. The summed E-state index contributed by atoms with van der Waals surface area (Å²) in [6.07, 6.45) is 0. The fourth-order valence-corrected chi connectivity index (χ4v) is 2.59. The highest BCUT2D eigenvalue weighted by atomic mass is 79.9. The van der Waals surface area contributed by atoms with E-state index in [1.54, 1.807) is 4.74 Å². The van der Waals surface area contributed by atoms with Gasteiger partial charge >= 0.3 is 0 Å². The van der Waals surface area contributed by atoms with Gasteiger partial charge in [0.15, 0.2) is 5.16 Å². The molecule has 0 aliphatic heterocycles. The second kappa shape index (κ2) is 5.50. The summed E-state index contributed by atoms with van der Waals surface area (Å²) in [7, 11) is 1.85. The number of aryl methyl sites for hydroxylation is 1. The van der Waals surface area contributed by atoms with Crippen LogP contribution in [-0.4, -0.2) is 5.16 Å². The summed E-state index contributed by atoms with van der Waals surface area (Å²) in [5.74, 6) is 0. The Morgan fingerprint density at radius 3 is 1.90 bits per heavy atom. The highest BCUT2D eigenvalue weighted by molar-refractivity contribution is 9.10. The minimum absolute atomic E-state index is 0.835. The van der Waals surface area contributed by atoms with Crippen LogP contribution in [0.15, 0.2) is 62.1 Å². The zero-order valence-corrected chi connectivity index (χ0v) is 13.8. The van der Waals surface area contributed by atoms with Gasteiger partial charge in [-0.1, -0.05) is 41.2 Å². The molecule has 1 aromatic heterocycles. The van der Waals surface area contributed by atoms with Gasteiger partial charge in [-0.05, 0) is 48.5 Å². The van der Waals surface area contributed by atoms with E-state index in [-0.39, 0.29) is 0 Å². The second-order valence-electron chi connectivity index (χ2n) is 4.38. The standard InChI is InChI=1S/C15H11Br2N2O/c1-19-15(11-4-8-13(17)9-5-11)14(18-20-19)10-2-6-12(16)7-3-10/h2-9H,1H3/q+1. The normalized spacial score (nSPS) is 10.8. The van der Waals surface area contributed by atoms with Crippen LogP contribution >= 0.6 is 31.9 Å². The summed E-state index contributed by atoms with van der Waals surface area (Å²) in [5.41, 5.74) is 3.88. The molecule has 0 saturated carbocycles. The minimum atomic E-state index is 0.835. The lowest BCUT2D eigenvalue weighted by atomic mass is 10.1. The molecule has 0 atom stereocenters. The van der Waals surface area contributed by atoms with Gasteiger partial charge in [-0.25, -0.2) is 0 Å². The van der Waals surface area contributed by atoms with Gasteiger partial charge in [0.05, 0.1) is 0 Å². The first-order chi connectivity index (χ1) is 9.65. The molecule has 20 heavy (non-hydrogen) atoms. The first kappa shape index (κ1) is 13.5. The molecule has 2 aromatic carbocycles. The third kappa shape index (κ3) is 2.55. The Labute approximate surface area is 133 Å². The molecule has 0 amide bonds. The Balaban J connectivity index is 2.14. The van der Waals surface area contributed by atoms with Crippen molar-refractivity contribution in [1.82, 2.24) is 5.16 Å². The summed E-state index contributed by atoms with van der Waals surface area (Å²) in [4.78, 5) is 0. The fourth-order valence-electron chi connectivity index (χ4n) is 2.06.